The molecule has 3 nitrogen and oxygen atoms in total. The zero-order valence-electron chi connectivity index (χ0n) is 6.01. The third-order valence-corrected chi connectivity index (χ3v) is 1.52. The van der Waals surface area contributed by atoms with E-state index in [0.29, 0.717) is 12.3 Å². The molecule has 0 radical (unpaired) electrons. The van der Waals surface area contributed by atoms with Gasteiger partial charge in [-0.1, -0.05) is 6.92 Å². The molecule has 0 aliphatic carbocycles. The fraction of sp³-hybridized carbons (Fsp3) is 0.800. The molecule has 11 heavy (non-hydrogen) atoms. The number of halogens is 2. The highest BCUT2D eigenvalue weighted by atomic mass is 35.5. The van der Waals surface area contributed by atoms with Gasteiger partial charge in [-0.05, 0) is 22.6 Å². The minimum atomic E-state index is -1.17. The van der Waals surface area contributed by atoms with Crippen molar-refractivity contribution in [2.45, 2.75) is 13.3 Å². The average Bonchev–Trinajstić information content (AvgIpc) is 1.90. The normalized spacial score (nSPS) is 11.6. The summed E-state index contributed by atoms with van der Waals surface area (Å²) in [7, 11) is -1.17. The standard InChI is InChI=1S/C5H8Cl2O.HO2P/c1-4(2-3-6)5(7)8;1-3-2/h4H,2-3H2,1H3;3H/p+1. The van der Waals surface area contributed by atoms with E-state index in [-0.39, 0.29) is 11.2 Å². The third kappa shape index (κ3) is 13.3. The molecular weight excluding hydrogens is 210 g/mol. The molecule has 2 atom stereocenters. The lowest BCUT2D eigenvalue weighted by molar-refractivity contribution is -0.114. The molecule has 2 unspecified atom stereocenters. The highest BCUT2D eigenvalue weighted by Gasteiger charge is 2.06. The van der Waals surface area contributed by atoms with Gasteiger partial charge >= 0.3 is 8.69 Å². The van der Waals surface area contributed by atoms with Crippen molar-refractivity contribution in [1.82, 2.24) is 0 Å². The monoisotopic (exact) mass is 219 g/mol. The largest absolute Gasteiger partial charge is 0.491 e. The van der Waals surface area contributed by atoms with Gasteiger partial charge in [0, 0.05) is 11.8 Å². The van der Waals surface area contributed by atoms with E-state index in [1.165, 1.54) is 0 Å². The van der Waals surface area contributed by atoms with Gasteiger partial charge in [-0.3, -0.25) is 4.79 Å². The van der Waals surface area contributed by atoms with Crippen LogP contribution in [0.15, 0.2) is 0 Å². The molecular formula is C5H10Cl2O3P+. The molecule has 66 valence electrons. The molecule has 0 saturated heterocycles. The smallest absolute Gasteiger partial charge is 0.281 e. The molecule has 0 aromatic heterocycles. The van der Waals surface area contributed by atoms with Gasteiger partial charge in [0.1, 0.15) is 0 Å². The molecule has 0 rings (SSSR count). The molecule has 0 amide bonds. The van der Waals surface area contributed by atoms with Crippen LogP contribution in [-0.4, -0.2) is 16.0 Å². The predicted molar refractivity (Wildman–Crippen MR) is 46.6 cm³/mol. The minimum absolute atomic E-state index is 0.0887. The van der Waals surface area contributed by atoms with E-state index in [2.05, 4.69) is 0 Å². The Kier molecular flexibility index (Phi) is 13.0. The highest BCUT2D eigenvalue weighted by molar-refractivity contribution is 7.16. The summed E-state index contributed by atoms with van der Waals surface area (Å²) in [4.78, 5) is 17.3. The Balaban J connectivity index is 0. The maximum atomic E-state index is 10.2. The number of hydrogen-bond donors (Lipinski definition) is 1. The van der Waals surface area contributed by atoms with E-state index >= 15 is 0 Å². The SMILES string of the molecule is CC(CCCl)C(=O)Cl.O=[PH+]O. The lowest BCUT2D eigenvalue weighted by Gasteiger charge is -1.98. The maximum Gasteiger partial charge on any atom is 0.491 e. The summed E-state index contributed by atoms with van der Waals surface area (Å²) >= 11 is 10.4. The molecule has 0 heterocycles. The maximum absolute atomic E-state index is 10.2. The molecule has 0 aliphatic heterocycles. The van der Waals surface area contributed by atoms with Crippen LogP contribution in [-0.2, 0) is 9.36 Å². The van der Waals surface area contributed by atoms with Crippen molar-refractivity contribution in [3.8, 4) is 0 Å². The van der Waals surface area contributed by atoms with Gasteiger partial charge in [-0.2, -0.15) is 4.89 Å². The zero-order valence-corrected chi connectivity index (χ0v) is 8.52. The lowest BCUT2D eigenvalue weighted by Crippen LogP contribution is -2.03. The van der Waals surface area contributed by atoms with Crippen LogP contribution in [0.5, 0.6) is 0 Å². The number of rotatable bonds is 3. The Morgan fingerprint density at radius 2 is 2.09 bits per heavy atom. The third-order valence-electron chi connectivity index (χ3n) is 0.930. The summed E-state index contributed by atoms with van der Waals surface area (Å²) in [6, 6.07) is 0. The molecule has 1 N–H and O–H groups in total. The van der Waals surface area contributed by atoms with Crippen LogP contribution in [0.1, 0.15) is 13.3 Å². The van der Waals surface area contributed by atoms with Crippen molar-refractivity contribution in [2.75, 3.05) is 5.88 Å². The van der Waals surface area contributed by atoms with Crippen LogP contribution < -0.4 is 0 Å². The average molecular weight is 220 g/mol. The second-order valence-electron chi connectivity index (χ2n) is 1.77. The zero-order chi connectivity index (χ0) is 9.28. The van der Waals surface area contributed by atoms with E-state index in [4.69, 9.17) is 32.7 Å². The van der Waals surface area contributed by atoms with E-state index in [1.54, 1.807) is 6.92 Å². The Hall–Kier alpha value is 0.310. The first-order valence-corrected chi connectivity index (χ1v) is 4.63. The Morgan fingerprint density at radius 1 is 1.73 bits per heavy atom. The molecule has 0 saturated carbocycles. The molecule has 0 bridgehead atoms. The Labute approximate surface area is 77.0 Å². The summed E-state index contributed by atoms with van der Waals surface area (Å²) in [5, 5.41) is -0.300. The number of hydrogen-bond acceptors (Lipinski definition) is 2. The number of alkyl halides is 1. The van der Waals surface area contributed by atoms with Crippen molar-refractivity contribution in [2.24, 2.45) is 5.92 Å². The topological polar surface area (TPSA) is 54.4 Å². The summed E-state index contributed by atoms with van der Waals surface area (Å²) in [5.74, 6) is 0.411. The van der Waals surface area contributed by atoms with E-state index < -0.39 is 8.69 Å². The van der Waals surface area contributed by atoms with Crippen LogP contribution in [0, 0.1) is 5.92 Å². The quantitative estimate of drug-likeness (QED) is 0.449. The van der Waals surface area contributed by atoms with Gasteiger partial charge in [0.2, 0.25) is 5.24 Å². The van der Waals surface area contributed by atoms with Crippen molar-refractivity contribution in [1.29, 1.82) is 0 Å². The van der Waals surface area contributed by atoms with Crippen LogP contribution in [0.25, 0.3) is 0 Å². The second-order valence-corrected chi connectivity index (χ2v) is 2.71. The van der Waals surface area contributed by atoms with Gasteiger partial charge in [-0.15, -0.1) is 11.6 Å². The van der Waals surface area contributed by atoms with Crippen LogP contribution >= 0.6 is 31.9 Å². The first-order valence-electron chi connectivity index (χ1n) is 2.86. The minimum Gasteiger partial charge on any atom is -0.281 e. The van der Waals surface area contributed by atoms with E-state index in [1.807, 2.05) is 0 Å². The van der Waals surface area contributed by atoms with Crippen LogP contribution in [0.4, 0.5) is 0 Å². The predicted octanol–water partition coefficient (Wildman–Crippen LogP) is 1.93. The first-order chi connectivity index (χ1) is 5.09. The fourth-order valence-corrected chi connectivity index (χ4v) is 0.714. The summed E-state index contributed by atoms with van der Waals surface area (Å²) in [5.41, 5.74) is 0. The molecule has 0 aromatic carbocycles. The van der Waals surface area contributed by atoms with Crippen molar-refractivity contribution in [3.05, 3.63) is 0 Å². The van der Waals surface area contributed by atoms with Gasteiger partial charge in [0.05, 0.1) is 0 Å². The summed E-state index contributed by atoms with van der Waals surface area (Å²) in [6.07, 6.45) is 0.671. The first kappa shape index (κ1) is 13.9. The molecule has 6 heteroatoms. The molecule has 0 fully saturated rings. The fourth-order valence-electron chi connectivity index (χ4n) is 0.277. The Morgan fingerprint density at radius 3 is 2.18 bits per heavy atom. The number of carbonyl (C=O) groups excluding carboxylic acids is 1. The second kappa shape index (κ2) is 10.3. The van der Waals surface area contributed by atoms with Crippen molar-refractivity contribution >= 4 is 37.1 Å². The van der Waals surface area contributed by atoms with Gasteiger partial charge in [0.25, 0.3) is 0 Å². The highest BCUT2D eigenvalue weighted by Crippen LogP contribution is 2.06. The lowest BCUT2D eigenvalue weighted by atomic mass is 10.1. The number of carbonyl (C=O) groups is 1. The molecule has 0 aromatic rings. The van der Waals surface area contributed by atoms with Crippen LogP contribution in [0.3, 0.4) is 0 Å². The van der Waals surface area contributed by atoms with Crippen molar-refractivity contribution < 1.29 is 14.3 Å². The summed E-state index contributed by atoms with van der Waals surface area (Å²) in [6.45, 7) is 1.76. The van der Waals surface area contributed by atoms with E-state index in [9.17, 15) is 4.79 Å². The van der Waals surface area contributed by atoms with Crippen LogP contribution in [0.2, 0.25) is 0 Å². The van der Waals surface area contributed by atoms with Gasteiger partial charge in [0.15, 0.2) is 0 Å². The summed E-state index contributed by atoms with van der Waals surface area (Å²) < 4.78 is 8.51. The van der Waals surface area contributed by atoms with Gasteiger partial charge in [-0.25, -0.2) is 0 Å². The van der Waals surface area contributed by atoms with E-state index in [0.717, 1.165) is 0 Å². The molecule has 0 spiro atoms. The Bertz CT molecular complexity index is 120. The molecule has 0 aliphatic rings. The van der Waals surface area contributed by atoms with Gasteiger partial charge < -0.3 is 0 Å². The van der Waals surface area contributed by atoms with Crippen molar-refractivity contribution in [3.63, 3.8) is 0 Å².